The van der Waals surface area contributed by atoms with Crippen LogP contribution in [0.2, 0.25) is 0 Å². The highest BCUT2D eigenvalue weighted by Crippen LogP contribution is 2.23. The van der Waals surface area contributed by atoms with E-state index in [1.54, 1.807) is 12.1 Å². The van der Waals surface area contributed by atoms with Crippen LogP contribution in [0.3, 0.4) is 0 Å². The quantitative estimate of drug-likeness (QED) is 0.440. The minimum Gasteiger partial charge on any atom is -0.345 e. The maximum atomic E-state index is 12.8. The van der Waals surface area contributed by atoms with Crippen LogP contribution in [0.25, 0.3) is 0 Å². The molecule has 8 nitrogen and oxygen atoms in total. The highest BCUT2D eigenvalue weighted by atomic mass is 32.2. The number of non-ortho nitro benzene ring substituents is 1. The Bertz CT molecular complexity index is 1160. The first-order valence-electron chi connectivity index (χ1n) is 9.00. The Kier molecular flexibility index (Phi) is 6.12. The van der Waals surface area contributed by atoms with Crippen LogP contribution in [0.1, 0.15) is 28.9 Å². The van der Waals surface area contributed by atoms with Crippen LogP contribution in [0, 0.1) is 10.1 Å². The van der Waals surface area contributed by atoms with Crippen molar-refractivity contribution in [2.75, 3.05) is 4.72 Å². The first kappa shape index (κ1) is 21.0. The van der Waals surface area contributed by atoms with Gasteiger partial charge in [0.25, 0.3) is 21.6 Å². The van der Waals surface area contributed by atoms with E-state index in [1.165, 1.54) is 12.1 Å². The first-order chi connectivity index (χ1) is 14.3. The number of hydrogen-bond donors (Lipinski definition) is 2. The van der Waals surface area contributed by atoms with Crippen molar-refractivity contribution in [1.29, 1.82) is 0 Å². The number of nitrogens with zero attached hydrogens (tertiary/aromatic N) is 1. The number of nitrogens with one attached hydrogen (secondary N) is 2. The zero-order valence-electron chi connectivity index (χ0n) is 16.0. The van der Waals surface area contributed by atoms with Crippen molar-refractivity contribution < 1.29 is 18.1 Å². The van der Waals surface area contributed by atoms with E-state index in [0.717, 1.165) is 29.8 Å². The molecule has 0 heterocycles. The van der Waals surface area contributed by atoms with E-state index in [1.807, 2.05) is 37.3 Å². The number of anilines is 1. The fraction of sp³-hybridized carbons (Fsp3) is 0.0952. The third kappa shape index (κ3) is 4.81. The summed E-state index contributed by atoms with van der Waals surface area (Å²) in [4.78, 5) is 22.8. The van der Waals surface area contributed by atoms with Gasteiger partial charge < -0.3 is 5.32 Å². The van der Waals surface area contributed by atoms with Crippen molar-refractivity contribution in [1.82, 2.24) is 5.32 Å². The third-order valence-corrected chi connectivity index (χ3v) is 5.80. The highest BCUT2D eigenvalue weighted by Gasteiger charge is 2.20. The molecule has 0 spiro atoms. The molecule has 2 N–H and O–H groups in total. The topological polar surface area (TPSA) is 118 Å². The minimum atomic E-state index is -4.05. The standard InChI is InChI=1S/C21H19N3O5S/c1-15(16-7-3-2-4-8-16)22-21(25)19-9-5-6-10-20(19)23-30(28,29)18-13-11-17(12-14-18)24(26)27/h2-15,23H,1H3,(H,22,25)/t15-/m1/s1. The molecule has 0 aromatic heterocycles. The van der Waals surface area contributed by atoms with Crippen molar-refractivity contribution in [3.8, 4) is 0 Å². The maximum absolute atomic E-state index is 12.8. The Hall–Kier alpha value is -3.72. The van der Waals surface area contributed by atoms with Crippen molar-refractivity contribution in [2.45, 2.75) is 17.9 Å². The third-order valence-electron chi connectivity index (χ3n) is 4.42. The Labute approximate surface area is 173 Å². The Morgan fingerprint density at radius 2 is 1.53 bits per heavy atom. The van der Waals surface area contributed by atoms with Gasteiger partial charge in [0.2, 0.25) is 0 Å². The van der Waals surface area contributed by atoms with Crippen LogP contribution in [-0.2, 0) is 10.0 Å². The van der Waals surface area contributed by atoms with Crippen LogP contribution < -0.4 is 10.0 Å². The van der Waals surface area contributed by atoms with E-state index in [4.69, 9.17) is 0 Å². The van der Waals surface area contributed by atoms with Crippen LogP contribution >= 0.6 is 0 Å². The largest absolute Gasteiger partial charge is 0.345 e. The average Bonchev–Trinajstić information content (AvgIpc) is 2.74. The molecular formula is C21H19N3O5S. The summed E-state index contributed by atoms with van der Waals surface area (Å²) < 4.78 is 27.8. The van der Waals surface area contributed by atoms with E-state index in [9.17, 15) is 23.3 Å². The summed E-state index contributed by atoms with van der Waals surface area (Å²) in [6, 6.07) is 19.8. The van der Waals surface area contributed by atoms with Gasteiger partial charge in [0.15, 0.2) is 0 Å². The molecule has 0 fully saturated rings. The minimum absolute atomic E-state index is 0.105. The number of nitro benzene ring substituents is 1. The second kappa shape index (κ2) is 8.75. The number of hydrogen-bond acceptors (Lipinski definition) is 5. The number of rotatable bonds is 7. The van der Waals surface area contributed by atoms with E-state index in [0.29, 0.717) is 0 Å². The number of carbonyl (C=O) groups excluding carboxylic acids is 1. The second-order valence-electron chi connectivity index (χ2n) is 6.51. The van der Waals surface area contributed by atoms with Gasteiger partial charge in [-0.05, 0) is 36.8 Å². The lowest BCUT2D eigenvalue weighted by Gasteiger charge is -2.17. The SMILES string of the molecule is C[C@@H](NC(=O)c1ccccc1NS(=O)(=O)c1ccc([N+](=O)[O-])cc1)c1ccccc1. The fourth-order valence-corrected chi connectivity index (χ4v) is 3.90. The molecule has 0 aliphatic heterocycles. The van der Waals surface area contributed by atoms with Crippen molar-refractivity contribution in [3.63, 3.8) is 0 Å². The monoisotopic (exact) mass is 425 g/mol. The molecule has 0 saturated heterocycles. The van der Waals surface area contributed by atoms with Crippen molar-refractivity contribution >= 4 is 27.3 Å². The number of nitro groups is 1. The summed E-state index contributed by atoms with van der Waals surface area (Å²) in [5.41, 5.74) is 0.956. The lowest BCUT2D eigenvalue weighted by Crippen LogP contribution is -2.28. The molecule has 9 heteroatoms. The molecule has 0 aliphatic rings. The van der Waals surface area contributed by atoms with Crippen molar-refractivity contribution in [3.05, 3.63) is 100 Å². The molecule has 1 amide bonds. The number of sulfonamides is 1. The number of carbonyl (C=O) groups is 1. The van der Waals surface area contributed by atoms with Crippen LogP contribution in [0.5, 0.6) is 0 Å². The van der Waals surface area contributed by atoms with Crippen LogP contribution in [0.4, 0.5) is 11.4 Å². The number of amides is 1. The molecule has 0 bridgehead atoms. The fourth-order valence-electron chi connectivity index (χ4n) is 2.82. The molecule has 0 saturated carbocycles. The molecule has 1 atom stereocenters. The van der Waals surface area contributed by atoms with E-state index in [-0.39, 0.29) is 27.9 Å². The Morgan fingerprint density at radius 3 is 2.17 bits per heavy atom. The zero-order valence-corrected chi connectivity index (χ0v) is 16.8. The summed E-state index contributed by atoms with van der Waals surface area (Å²) in [6.45, 7) is 1.83. The van der Waals surface area contributed by atoms with E-state index < -0.39 is 20.9 Å². The summed E-state index contributed by atoms with van der Waals surface area (Å²) >= 11 is 0. The maximum Gasteiger partial charge on any atom is 0.269 e. The molecular weight excluding hydrogens is 406 g/mol. The number of para-hydroxylation sites is 1. The van der Waals surface area contributed by atoms with Gasteiger partial charge in [0.05, 0.1) is 27.1 Å². The van der Waals surface area contributed by atoms with Gasteiger partial charge in [0.1, 0.15) is 0 Å². The molecule has 154 valence electrons. The second-order valence-corrected chi connectivity index (χ2v) is 8.19. The lowest BCUT2D eigenvalue weighted by atomic mass is 10.1. The smallest absolute Gasteiger partial charge is 0.269 e. The molecule has 0 aliphatic carbocycles. The van der Waals surface area contributed by atoms with Gasteiger partial charge >= 0.3 is 0 Å². The van der Waals surface area contributed by atoms with Gasteiger partial charge in [0, 0.05) is 12.1 Å². The van der Waals surface area contributed by atoms with Crippen LogP contribution in [0.15, 0.2) is 83.8 Å². The van der Waals surface area contributed by atoms with E-state index in [2.05, 4.69) is 10.0 Å². The predicted octanol–water partition coefficient (Wildman–Crippen LogP) is 3.89. The van der Waals surface area contributed by atoms with Crippen LogP contribution in [-0.4, -0.2) is 19.2 Å². The van der Waals surface area contributed by atoms with Crippen molar-refractivity contribution in [2.24, 2.45) is 0 Å². The molecule has 3 aromatic carbocycles. The summed E-state index contributed by atoms with van der Waals surface area (Å²) in [5, 5.41) is 13.6. The lowest BCUT2D eigenvalue weighted by molar-refractivity contribution is -0.384. The predicted molar refractivity (Wildman–Crippen MR) is 113 cm³/mol. The number of benzene rings is 3. The van der Waals surface area contributed by atoms with Gasteiger partial charge in [-0.2, -0.15) is 0 Å². The molecule has 0 radical (unpaired) electrons. The van der Waals surface area contributed by atoms with Gasteiger partial charge in [-0.25, -0.2) is 8.42 Å². The molecule has 30 heavy (non-hydrogen) atoms. The average molecular weight is 425 g/mol. The van der Waals surface area contributed by atoms with Gasteiger partial charge in [-0.3, -0.25) is 19.6 Å². The molecule has 0 unspecified atom stereocenters. The van der Waals surface area contributed by atoms with Gasteiger partial charge in [-0.1, -0.05) is 42.5 Å². The first-order valence-corrected chi connectivity index (χ1v) is 10.5. The summed E-state index contributed by atoms with van der Waals surface area (Å²) in [6.07, 6.45) is 0. The molecule has 3 aromatic rings. The van der Waals surface area contributed by atoms with E-state index >= 15 is 0 Å². The molecule has 3 rings (SSSR count). The summed E-state index contributed by atoms with van der Waals surface area (Å²) in [5.74, 6) is -0.437. The highest BCUT2D eigenvalue weighted by molar-refractivity contribution is 7.92. The zero-order chi connectivity index (χ0) is 21.7. The van der Waals surface area contributed by atoms with Gasteiger partial charge in [-0.15, -0.1) is 0 Å². The Morgan fingerprint density at radius 1 is 0.933 bits per heavy atom. The normalized spacial score (nSPS) is 12.0. The summed E-state index contributed by atoms with van der Waals surface area (Å²) in [7, 11) is -4.05. The Balaban J connectivity index is 1.82.